The molecule has 2 N–H and O–H groups in total. The average molecular weight is 464 g/mol. The number of rotatable bonds is 6. The highest BCUT2D eigenvalue weighted by atomic mass is 35.5. The minimum atomic E-state index is -0.886. The maximum Gasteiger partial charge on any atom is 0.300 e. The predicted octanol–water partition coefficient (Wildman–Crippen LogP) is 5.46. The first-order chi connectivity index (χ1) is 15.9. The lowest BCUT2D eigenvalue weighted by Crippen LogP contribution is -2.29. The van der Waals surface area contributed by atoms with Gasteiger partial charge in [-0.3, -0.25) is 14.5 Å². The van der Waals surface area contributed by atoms with Gasteiger partial charge in [0.1, 0.15) is 17.3 Å². The second-order valence-corrected chi connectivity index (χ2v) is 8.05. The summed E-state index contributed by atoms with van der Waals surface area (Å²) in [7, 11) is 0. The minimum Gasteiger partial charge on any atom is -0.508 e. The number of phenolic OH excluding ortho intramolecular Hbond substituents is 1. The number of nitrogens with zero attached hydrogens (tertiary/aromatic N) is 1. The van der Waals surface area contributed by atoms with Crippen LogP contribution in [0.25, 0.3) is 5.76 Å². The van der Waals surface area contributed by atoms with Crippen LogP contribution in [-0.4, -0.2) is 28.5 Å². The van der Waals surface area contributed by atoms with E-state index < -0.39 is 17.7 Å². The van der Waals surface area contributed by atoms with Gasteiger partial charge < -0.3 is 14.9 Å². The number of anilines is 1. The molecule has 4 rings (SSSR count). The highest BCUT2D eigenvalue weighted by Gasteiger charge is 2.46. The molecule has 1 aliphatic rings. The number of carbonyl (C=O) groups is 2. The summed E-state index contributed by atoms with van der Waals surface area (Å²) in [5.74, 6) is -1.16. The van der Waals surface area contributed by atoms with Gasteiger partial charge in [-0.1, -0.05) is 30.7 Å². The quantitative estimate of drug-likeness (QED) is 0.288. The summed E-state index contributed by atoms with van der Waals surface area (Å²) in [5.41, 5.74) is 1.37. The lowest BCUT2D eigenvalue weighted by molar-refractivity contribution is -0.132. The van der Waals surface area contributed by atoms with E-state index in [1.807, 2.05) is 6.92 Å². The van der Waals surface area contributed by atoms with E-state index in [-0.39, 0.29) is 17.1 Å². The van der Waals surface area contributed by atoms with Gasteiger partial charge in [0, 0.05) is 16.3 Å². The van der Waals surface area contributed by atoms with Crippen molar-refractivity contribution in [2.24, 2.45) is 0 Å². The van der Waals surface area contributed by atoms with Crippen molar-refractivity contribution >= 4 is 34.7 Å². The van der Waals surface area contributed by atoms with Crippen molar-refractivity contribution < 1.29 is 24.5 Å². The molecule has 6 nitrogen and oxygen atoms in total. The molecular formula is C26H22ClNO5. The first-order valence-electron chi connectivity index (χ1n) is 10.5. The van der Waals surface area contributed by atoms with Crippen LogP contribution in [0.1, 0.15) is 30.5 Å². The number of Topliss-reactive ketones (excluding diaryl/α,β-unsaturated/α-hetero) is 1. The third kappa shape index (κ3) is 4.43. The van der Waals surface area contributed by atoms with E-state index in [0.29, 0.717) is 34.2 Å². The van der Waals surface area contributed by atoms with Crippen LogP contribution in [-0.2, 0) is 9.59 Å². The van der Waals surface area contributed by atoms with Crippen LogP contribution in [0, 0.1) is 0 Å². The zero-order chi connectivity index (χ0) is 23.5. The minimum absolute atomic E-state index is 0.0390. The fourth-order valence-corrected chi connectivity index (χ4v) is 3.88. The molecule has 1 amide bonds. The Morgan fingerprint density at radius 2 is 1.61 bits per heavy atom. The zero-order valence-corrected chi connectivity index (χ0v) is 18.6. The maximum atomic E-state index is 13.1. The van der Waals surface area contributed by atoms with Crippen molar-refractivity contribution in [3.8, 4) is 11.5 Å². The van der Waals surface area contributed by atoms with Gasteiger partial charge in [-0.25, -0.2) is 0 Å². The molecule has 1 fully saturated rings. The summed E-state index contributed by atoms with van der Waals surface area (Å²) in [6.07, 6.45) is 0.864. The Hall–Kier alpha value is -3.77. The van der Waals surface area contributed by atoms with Gasteiger partial charge in [-0.2, -0.15) is 0 Å². The molecule has 3 aromatic rings. The van der Waals surface area contributed by atoms with Crippen molar-refractivity contribution in [2.75, 3.05) is 11.5 Å². The molecule has 168 valence electrons. The number of aromatic hydroxyl groups is 1. The lowest BCUT2D eigenvalue weighted by Gasteiger charge is -2.25. The first kappa shape index (κ1) is 22.4. The van der Waals surface area contributed by atoms with Crippen LogP contribution in [0.3, 0.4) is 0 Å². The highest BCUT2D eigenvalue weighted by molar-refractivity contribution is 6.51. The molecule has 1 unspecified atom stereocenters. The molecule has 1 saturated heterocycles. The molecule has 1 aliphatic heterocycles. The summed E-state index contributed by atoms with van der Waals surface area (Å²) in [4.78, 5) is 27.5. The molecule has 0 saturated carbocycles. The molecule has 0 radical (unpaired) electrons. The summed E-state index contributed by atoms with van der Waals surface area (Å²) < 4.78 is 5.58. The summed E-state index contributed by atoms with van der Waals surface area (Å²) >= 11 is 6.00. The summed E-state index contributed by atoms with van der Waals surface area (Å²) in [5, 5.41) is 21.3. The molecule has 0 aromatic heterocycles. The lowest BCUT2D eigenvalue weighted by atomic mass is 9.95. The Kier molecular flexibility index (Phi) is 6.38. The van der Waals surface area contributed by atoms with Crippen molar-refractivity contribution in [3.05, 3.63) is 94.5 Å². The molecule has 0 aliphatic carbocycles. The van der Waals surface area contributed by atoms with Crippen LogP contribution in [0.15, 0.2) is 78.4 Å². The van der Waals surface area contributed by atoms with Crippen molar-refractivity contribution in [1.29, 1.82) is 0 Å². The van der Waals surface area contributed by atoms with Gasteiger partial charge in [0.25, 0.3) is 11.7 Å². The second-order valence-electron chi connectivity index (χ2n) is 7.61. The number of hydrogen-bond donors (Lipinski definition) is 2. The highest BCUT2D eigenvalue weighted by Crippen LogP contribution is 2.42. The second kappa shape index (κ2) is 9.38. The summed E-state index contributed by atoms with van der Waals surface area (Å²) in [6, 6.07) is 18.5. The Morgan fingerprint density at radius 3 is 2.21 bits per heavy atom. The number of phenols is 1. The standard InChI is InChI=1S/C26H22ClNO5/c1-2-15-33-21-13-5-17(6-14-21)24(30)22-23(16-3-11-20(29)12-4-16)28(26(32)25(22)31)19-9-7-18(27)8-10-19/h3-14,23,29-30H,2,15H2,1H3/b24-22+. The number of halogens is 1. The third-order valence-electron chi connectivity index (χ3n) is 5.36. The van der Waals surface area contributed by atoms with Crippen molar-refractivity contribution in [2.45, 2.75) is 19.4 Å². The monoisotopic (exact) mass is 463 g/mol. The Labute approximate surface area is 196 Å². The molecule has 3 aromatic carbocycles. The number of aliphatic hydroxyl groups excluding tert-OH is 1. The van der Waals surface area contributed by atoms with Gasteiger partial charge in [0.2, 0.25) is 0 Å². The SMILES string of the molecule is CCCOc1ccc(/C(O)=C2\C(=O)C(=O)N(c3ccc(Cl)cc3)C2c2ccc(O)cc2)cc1. The number of hydrogen-bond acceptors (Lipinski definition) is 5. The van der Waals surface area contributed by atoms with Crippen LogP contribution in [0.2, 0.25) is 5.02 Å². The van der Waals surface area contributed by atoms with Gasteiger partial charge in [0.05, 0.1) is 18.2 Å². The Bertz CT molecular complexity index is 1200. The van der Waals surface area contributed by atoms with Gasteiger partial charge in [-0.15, -0.1) is 0 Å². The van der Waals surface area contributed by atoms with E-state index in [9.17, 15) is 19.8 Å². The van der Waals surface area contributed by atoms with E-state index in [1.165, 1.54) is 17.0 Å². The van der Waals surface area contributed by atoms with Gasteiger partial charge >= 0.3 is 0 Å². The molecule has 33 heavy (non-hydrogen) atoms. The number of amides is 1. The fraction of sp³-hybridized carbons (Fsp3) is 0.154. The number of benzene rings is 3. The van der Waals surface area contributed by atoms with E-state index in [2.05, 4.69) is 0 Å². The Morgan fingerprint density at radius 1 is 0.970 bits per heavy atom. The topological polar surface area (TPSA) is 87.1 Å². The van der Waals surface area contributed by atoms with Crippen LogP contribution in [0.4, 0.5) is 5.69 Å². The molecule has 7 heteroatoms. The number of ether oxygens (including phenoxy) is 1. The van der Waals surface area contributed by atoms with Gasteiger partial charge in [-0.05, 0) is 72.6 Å². The zero-order valence-electron chi connectivity index (χ0n) is 17.9. The first-order valence-corrected chi connectivity index (χ1v) is 10.9. The molecule has 1 atom stereocenters. The third-order valence-corrected chi connectivity index (χ3v) is 5.61. The predicted molar refractivity (Wildman–Crippen MR) is 127 cm³/mol. The molecular weight excluding hydrogens is 442 g/mol. The van der Waals surface area contributed by atoms with Crippen molar-refractivity contribution in [1.82, 2.24) is 0 Å². The number of aliphatic hydroxyl groups is 1. The number of carbonyl (C=O) groups excluding carboxylic acids is 2. The molecule has 1 heterocycles. The number of ketones is 1. The smallest absolute Gasteiger partial charge is 0.300 e. The molecule has 0 bridgehead atoms. The van der Waals surface area contributed by atoms with E-state index in [1.54, 1.807) is 60.7 Å². The summed E-state index contributed by atoms with van der Waals surface area (Å²) in [6.45, 7) is 2.57. The van der Waals surface area contributed by atoms with Crippen molar-refractivity contribution in [3.63, 3.8) is 0 Å². The fourth-order valence-electron chi connectivity index (χ4n) is 3.76. The largest absolute Gasteiger partial charge is 0.508 e. The normalized spacial score (nSPS) is 17.4. The van der Waals surface area contributed by atoms with Crippen LogP contribution >= 0.6 is 11.6 Å². The van der Waals surface area contributed by atoms with E-state index in [0.717, 1.165) is 6.42 Å². The molecule has 0 spiro atoms. The average Bonchev–Trinajstić information content (AvgIpc) is 3.09. The van der Waals surface area contributed by atoms with E-state index in [4.69, 9.17) is 16.3 Å². The van der Waals surface area contributed by atoms with E-state index >= 15 is 0 Å². The van der Waals surface area contributed by atoms with Crippen LogP contribution in [0.5, 0.6) is 11.5 Å². The maximum absolute atomic E-state index is 13.1. The van der Waals surface area contributed by atoms with Gasteiger partial charge in [0.15, 0.2) is 0 Å². The van der Waals surface area contributed by atoms with Crippen LogP contribution < -0.4 is 9.64 Å². The Balaban J connectivity index is 1.84.